The van der Waals surface area contributed by atoms with E-state index >= 15 is 0 Å². The van der Waals surface area contributed by atoms with Gasteiger partial charge in [0.25, 0.3) is 5.91 Å². The van der Waals surface area contributed by atoms with Gasteiger partial charge in [0.2, 0.25) is 5.91 Å². The Morgan fingerprint density at radius 1 is 0.964 bits per heavy atom. The Morgan fingerprint density at radius 2 is 1.64 bits per heavy atom. The number of nitrogens with zero attached hydrogens (tertiary/aromatic N) is 2. The predicted octanol–water partition coefficient (Wildman–Crippen LogP) is 3.03. The van der Waals surface area contributed by atoms with Crippen molar-refractivity contribution in [1.82, 2.24) is 15.1 Å². The number of amides is 2. The van der Waals surface area contributed by atoms with Gasteiger partial charge in [-0.2, -0.15) is 0 Å². The Labute approximate surface area is 171 Å². The average molecular weight is 400 g/mol. The first-order valence-electron chi connectivity index (χ1n) is 9.52. The van der Waals surface area contributed by atoms with Gasteiger partial charge in [-0.25, -0.2) is 0 Å². The van der Waals surface area contributed by atoms with Gasteiger partial charge in [-0.15, -0.1) is 0 Å². The third-order valence-corrected chi connectivity index (χ3v) is 5.47. The number of hydrogen-bond donors (Lipinski definition) is 1. The summed E-state index contributed by atoms with van der Waals surface area (Å²) in [6, 6.07) is 13.4. The Balaban J connectivity index is 1.44. The predicted molar refractivity (Wildman–Crippen MR) is 112 cm³/mol. The second kappa shape index (κ2) is 9.22. The molecule has 0 saturated carbocycles. The lowest BCUT2D eigenvalue weighted by molar-refractivity contribution is -0.131. The van der Waals surface area contributed by atoms with Crippen molar-refractivity contribution in [2.75, 3.05) is 32.7 Å². The first-order valence-corrected chi connectivity index (χ1v) is 9.90. The fourth-order valence-electron chi connectivity index (χ4n) is 3.26. The van der Waals surface area contributed by atoms with E-state index < -0.39 is 0 Å². The summed E-state index contributed by atoms with van der Waals surface area (Å²) in [5.74, 6) is -0.249. The minimum atomic E-state index is -0.210. The highest BCUT2D eigenvalue weighted by molar-refractivity contribution is 6.30. The number of halogens is 1. The lowest BCUT2D eigenvalue weighted by Gasteiger charge is -2.34. The molecular formula is C22H26ClN3O2. The van der Waals surface area contributed by atoms with Crippen LogP contribution in [0.25, 0.3) is 0 Å². The maximum absolute atomic E-state index is 12.4. The maximum atomic E-state index is 12.4. The van der Waals surface area contributed by atoms with Crippen LogP contribution >= 0.6 is 11.6 Å². The normalized spacial score (nSPS) is 14.8. The van der Waals surface area contributed by atoms with Crippen LogP contribution in [0.5, 0.6) is 0 Å². The Bertz CT molecular complexity index is 843. The van der Waals surface area contributed by atoms with Crippen molar-refractivity contribution in [2.45, 2.75) is 20.4 Å². The summed E-state index contributed by atoms with van der Waals surface area (Å²) in [5, 5.41) is 3.48. The van der Waals surface area contributed by atoms with E-state index in [1.165, 1.54) is 5.56 Å². The van der Waals surface area contributed by atoms with Crippen molar-refractivity contribution < 1.29 is 9.59 Å². The zero-order valence-corrected chi connectivity index (χ0v) is 17.1. The van der Waals surface area contributed by atoms with Gasteiger partial charge < -0.3 is 10.2 Å². The van der Waals surface area contributed by atoms with Gasteiger partial charge >= 0.3 is 0 Å². The van der Waals surface area contributed by atoms with Gasteiger partial charge in [0.05, 0.1) is 6.54 Å². The summed E-state index contributed by atoms with van der Waals surface area (Å²) in [6.45, 7) is 7.84. The molecule has 1 heterocycles. The molecule has 1 N–H and O–H groups in total. The highest BCUT2D eigenvalue weighted by atomic mass is 35.5. The molecule has 0 aliphatic carbocycles. The van der Waals surface area contributed by atoms with Crippen molar-refractivity contribution in [1.29, 1.82) is 0 Å². The van der Waals surface area contributed by atoms with E-state index in [0.717, 1.165) is 35.8 Å². The van der Waals surface area contributed by atoms with Crippen LogP contribution in [-0.4, -0.2) is 54.3 Å². The summed E-state index contributed by atoms with van der Waals surface area (Å²) in [4.78, 5) is 28.8. The van der Waals surface area contributed by atoms with Crippen molar-refractivity contribution >= 4 is 23.4 Å². The van der Waals surface area contributed by atoms with E-state index in [4.69, 9.17) is 11.6 Å². The van der Waals surface area contributed by atoms with Crippen molar-refractivity contribution in [3.05, 3.63) is 69.7 Å². The van der Waals surface area contributed by atoms with Crippen LogP contribution in [-0.2, 0) is 11.3 Å². The number of hydrogen-bond acceptors (Lipinski definition) is 3. The second-order valence-electron chi connectivity index (χ2n) is 7.27. The number of nitrogens with one attached hydrogen (secondary N) is 1. The summed E-state index contributed by atoms with van der Waals surface area (Å²) >= 11 is 5.93. The topological polar surface area (TPSA) is 52.7 Å². The fraction of sp³-hybridized carbons (Fsp3) is 0.364. The molecule has 3 rings (SSSR count). The highest BCUT2D eigenvalue weighted by Gasteiger charge is 2.21. The summed E-state index contributed by atoms with van der Waals surface area (Å²) in [5.41, 5.74) is 4.01. The first-order chi connectivity index (χ1) is 13.4. The zero-order valence-electron chi connectivity index (χ0n) is 16.4. The van der Waals surface area contributed by atoms with Crippen molar-refractivity contribution in [3.8, 4) is 0 Å². The van der Waals surface area contributed by atoms with Crippen LogP contribution < -0.4 is 5.32 Å². The zero-order chi connectivity index (χ0) is 20.1. The Morgan fingerprint density at radius 3 is 2.29 bits per heavy atom. The minimum Gasteiger partial charge on any atom is -0.343 e. The van der Waals surface area contributed by atoms with Crippen molar-refractivity contribution in [3.63, 3.8) is 0 Å². The molecule has 0 bridgehead atoms. The van der Waals surface area contributed by atoms with E-state index in [1.54, 1.807) is 6.07 Å². The number of benzene rings is 2. The van der Waals surface area contributed by atoms with Gasteiger partial charge in [-0.05, 0) is 54.8 Å². The van der Waals surface area contributed by atoms with Gasteiger partial charge in [-0.3, -0.25) is 14.5 Å². The molecule has 1 saturated heterocycles. The van der Waals surface area contributed by atoms with E-state index in [1.807, 2.05) is 55.1 Å². The number of carbonyl (C=O) groups excluding carboxylic acids is 2. The van der Waals surface area contributed by atoms with Crippen LogP contribution in [0.3, 0.4) is 0 Å². The standard InChI is InChI=1S/C22H26ClN3O2/c1-16-3-6-19(13-17(16)2)22(28)24-14-21(27)26-11-9-25(10-12-26)15-18-4-7-20(23)8-5-18/h3-8,13H,9-12,14-15H2,1-2H3,(H,24,28). The van der Waals surface area contributed by atoms with Crippen LogP contribution in [0.2, 0.25) is 5.02 Å². The average Bonchev–Trinajstić information content (AvgIpc) is 2.70. The molecule has 0 radical (unpaired) electrons. The lowest BCUT2D eigenvalue weighted by atomic mass is 10.1. The molecule has 0 atom stereocenters. The molecule has 148 valence electrons. The molecule has 0 aromatic heterocycles. The number of piperazine rings is 1. The first kappa shape index (κ1) is 20.4. The van der Waals surface area contributed by atoms with Gasteiger partial charge in [-0.1, -0.05) is 29.8 Å². The van der Waals surface area contributed by atoms with Crippen LogP contribution in [0, 0.1) is 13.8 Å². The van der Waals surface area contributed by atoms with Gasteiger partial charge in [0, 0.05) is 43.3 Å². The largest absolute Gasteiger partial charge is 0.343 e. The summed E-state index contributed by atoms with van der Waals surface area (Å²) in [7, 11) is 0. The van der Waals surface area contributed by atoms with Crippen LogP contribution in [0.1, 0.15) is 27.0 Å². The third kappa shape index (κ3) is 5.33. The van der Waals surface area contributed by atoms with Gasteiger partial charge in [0.1, 0.15) is 0 Å². The molecule has 2 amide bonds. The number of aryl methyl sites for hydroxylation is 2. The lowest BCUT2D eigenvalue weighted by Crippen LogP contribution is -2.50. The molecule has 6 heteroatoms. The number of rotatable bonds is 5. The van der Waals surface area contributed by atoms with E-state index in [9.17, 15) is 9.59 Å². The quantitative estimate of drug-likeness (QED) is 0.840. The van der Waals surface area contributed by atoms with E-state index in [2.05, 4.69) is 10.2 Å². The number of carbonyl (C=O) groups is 2. The van der Waals surface area contributed by atoms with Crippen LogP contribution in [0.4, 0.5) is 0 Å². The molecule has 1 fully saturated rings. The molecule has 0 spiro atoms. The molecule has 0 unspecified atom stereocenters. The molecule has 28 heavy (non-hydrogen) atoms. The molecule has 1 aliphatic heterocycles. The molecule has 5 nitrogen and oxygen atoms in total. The summed E-state index contributed by atoms with van der Waals surface area (Å²) in [6.07, 6.45) is 0. The third-order valence-electron chi connectivity index (χ3n) is 5.21. The van der Waals surface area contributed by atoms with Crippen molar-refractivity contribution in [2.24, 2.45) is 0 Å². The fourth-order valence-corrected chi connectivity index (χ4v) is 3.38. The van der Waals surface area contributed by atoms with E-state index in [-0.39, 0.29) is 18.4 Å². The maximum Gasteiger partial charge on any atom is 0.251 e. The highest BCUT2D eigenvalue weighted by Crippen LogP contribution is 2.13. The SMILES string of the molecule is Cc1ccc(C(=O)NCC(=O)N2CCN(Cc3ccc(Cl)cc3)CC2)cc1C. The van der Waals surface area contributed by atoms with Gasteiger partial charge in [0.15, 0.2) is 0 Å². The minimum absolute atomic E-state index is 0.0307. The Hall–Kier alpha value is -2.37. The van der Waals surface area contributed by atoms with E-state index in [0.29, 0.717) is 18.7 Å². The second-order valence-corrected chi connectivity index (χ2v) is 7.70. The molecule has 2 aromatic rings. The summed E-state index contributed by atoms with van der Waals surface area (Å²) < 4.78 is 0. The smallest absolute Gasteiger partial charge is 0.251 e. The molecule has 1 aliphatic rings. The Kier molecular flexibility index (Phi) is 6.70. The monoisotopic (exact) mass is 399 g/mol. The van der Waals surface area contributed by atoms with Crippen LogP contribution in [0.15, 0.2) is 42.5 Å². The molecular weight excluding hydrogens is 374 g/mol. The molecule has 2 aromatic carbocycles.